The molecule has 0 fully saturated rings. The highest BCUT2D eigenvalue weighted by Gasteiger charge is 2.12. The number of ketones is 2. The molecule has 0 rings (SSSR count). The molecule has 0 radical (unpaired) electrons. The Morgan fingerprint density at radius 2 is 1.47 bits per heavy atom. The molecule has 0 aliphatic carbocycles. The van der Waals surface area contributed by atoms with Crippen LogP contribution in [0.25, 0.3) is 0 Å². The summed E-state index contributed by atoms with van der Waals surface area (Å²) in [6.45, 7) is 9.04. The number of Topliss-reactive ketones (excluding diaryl/α,β-unsaturated/α-hetero) is 2. The minimum atomic E-state index is 0.214. The fourth-order valence-corrected chi connectivity index (χ4v) is 1.41. The van der Waals surface area contributed by atoms with Crippen molar-refractivity contribution in [2.75, 3.05) is 13.1 Å². The fourth-order valence-electron chi connectivity index (χ4n) is 1.41. The highest BCUT2D eigenvalue weighted by Crippen LogP contribution is 2.06. The topological polar surface area (TPSA) is 37.4 Å². The van der Waals surface area contributed by atoms with Crippen LogP contribution in [0.5, 0.6) is 0 Å². The zero-order valence-electron chi connectivity index (χ0n) is 10.4. The third kappa shape index (κ3) is 7.25. The molecule has 0 aromatic carbocycles. The molecule has 0 saturated heterocycles. The molecule has 88 valence electrons. The van der Waals surface area contributed by atoms with Gasteiger partial charge >= 0.3 is 0 Å². The van der Waals surface area contributed by atoms with Crippen molar-refractivity contribution < 1.29 is 9.59 Å². The Bertz CT molecular complexity index is 196. The Hall–Kier alpha value is -0.700. The molecular formula is C12H23NO2. The highest BCUT2D eigenvalue weighted by atomic mass is 16.1. The standard InChI is InChI=1S/C12H23NO2/c1-5-10(2)13(8-6-11(3)14)9-7-12(4)15/h10H,5-9H2,1-4H3. The van der Waals surface area contributed by atoms with Crippen molar-refractivity contribution in [1.82, 2.24) is 4.90 Å². The normalized spacial score (nSPS) is 12.9. The molecule has 0 aromatic heterocycles. The SMILES string of the molecule is CCC(C)N(CCC(C)=O)CCC(C)=O. The molecular weight excluding hydrogens is 190 g/mol. The molecule has 0 heterocycles. The Balaban J connectivity index is 4.05. The molecule has 1 atom stereocenters. The maximum atomic E-state index is 10.9. The molecule has 0 amide bonds. The first kappa shape index (κ1) is 14.3. The lowest BCUT2D eigenvalue weighted by molar-refractivity contribution is -0.117. The highest BCUT2D eigenvalue weighted by molar-refractivity contribution is 5.76. The molecule has 0 aliphatic heterocycles. The van der Waals surface area contributed by atoms with Gasteiger partial charge in [-0.2, -0.15) is 0 Å². The Morgan fingerprint density at radius 1 is 1.07 bits per heavy atom. The minimum Gasteiger partial charge on any atom is -0.300 e. The van der Waals surface area contributed by atoms with Crippen molar-refractivity contribution in [2.24, 2.45) is 0 Å². The third-order valence-corrected chi connectivity index (χ3v) is 2.72. The van der Waals surface area contributed by atoms with Crippen LogP contribution in [0.2, 0.25) is 0 Å². The molecule has 3 nitrogen and oxygen atoms in total. The molecule has 0 aliphatic rings. The van der Waals surface area contributed by atoms with Gasteiger partial charge in [-0.05, 0) is 27.2 Å². The van der Waals surface area contributed by atoms with E-state index < -0.39 is 0 Å². The van der Waals surface area contributed by atoms with E-state index in [1.54, 1.807) is 13.8 Å². The summed E-state index contributed by atoms with van der Waals surface area (Å²) in [5, 5.41) is 0. The van der Waals surface area contributed by atoms with Gasteiger partial charge in [-0.3, -0.25) is 14.5 Å². The zero-order chi connectivity index (χ0) is 11.8. The van der Waals surface area contributed by atoms with Crippen LogP contribution in [0.3, 0.4) is 0 Å². The van der Waals surface area contributed by atoms with E-state index in [-0.39, 0.29) is 11.6 Å². The van der Waals surface area contributed by atoms with Crippen molar-refractivity contribution in [1.29, 1.82) is 0 Å². The summed E-state index contributed by atoms with van der Waals surface area (Å²) >= 11 is 0. The van der Waals surface area contributed by atoms with Crippen molar-refractivity contribution in [3.05, 3.63) is 0 Å². The first-order valence-corrected chi connectivity index (χ1v) is 5.70. The fraction of sp³-hybridized carbons (Fsp3) is 0.833. The number of hydrogen-bond donors (Lipinski definition) is 0. The number of hydrogen-bond acceptors (Lipinski definition) is 3. The summed E-state index contributed by atoms with van der Waals surface area (Å²) in [6.07, 6.45) is 2.22. The van der Waals surface area contributed by atoms with Crippen LogP contribution in [0.1, 0.15) is 47.0 Å². The maximum Gasteiger partial charge on any atom is 0.131 e. The molecule has 0 saturated carbocycles. The van der Waals surface area contributed by atoms with Gasteiger partial charge in [0, 0.05) is 32.0 Å². The van der Waals surface area contributed by atoms with E-state index in [2.05, 4.69) is 18.7 Å². The van der Waals surface area contributed by atoms with Crippen molar-refractivity contribution in [2.45, 2.75) is 53.0 Å². The minimum absolute atomic E-state index is 0.214. The van der Waals surface area contributed by atoms with Crippen LogP contribution >= 0.6 is 0 Å². The monoisotopic (exact) mass is 213 g/mol. The second-order valence-electron chi connectivity index (χ2n) is 4.20. The predicted molar refractivity (Wildman–Crippen MR) is 61.9 cm³/mol. The van der Waals surface area contributed by atoms with Gasteiger partial charge < -0.3 is 0 Å². The average Bonchev–Trinajstić information content (AvgIpc) is 2.16. The van der Waals surface area contributed by atoms with Crippen LogP contribution in [-0.2, 0) is 9.59 Å². The van der Waals surface area contributed by atoms with Crippen molar-refractivity contribution in [3.8, 4) is 0 Å². The molecule has 0 aromatic rings. The first-order valence-electron chi connectivity index (χ1n) is 5.70. The number of nitrogens with zero attached hydrogens (tertiary/aromatic N) is 1. The van der Waals surface area contributed by atoms with Gasteiger partial charge in [0.15, 0.2) is 0 Å². The van der Waals surface area contributed by atoms with Gasteiger partial charge in [0.2, 0.25) is 0 Å². The zero-order valence-corrected chi connectivity index (χ0v) is 10.4. The van der Waals surface area contributed by atoms with Crippen LogP contribution < -0.4 is 0 Å². The number of carbonyl (C=O) groups is 2. The van der Waals surface area contributed by atoms with E-state index in [1.807, 2.05) is 0 Å². The lowest BCUT2D eigenvalue weighted by Crippen LogP contribution is -2.35. The lowest BCUT2D eigenvalue weighted by Gasteiger charge is -2.27. The van der Waals surface area contributed by atoms with E-state index >= 15 is 0 Å². The van der Waals surface area contributed by atoms with Gasteiger partial charge in [0.05, 0.1) is 0 Å². The second kappa shape index (κ2) is 7.57. The number of rotatable bonds is 8. The third-order valence-electron chi connectivity index (χ3n) is 2.72. The molecule has 3 heteroatoms. The van der Waals surface area contributed by atoms with Gasteiger partial charge in [-0.1, -0.05) is 6.92 Å². The quantitative estimate of drug-likeness (QED) is 0.619. The molecule has 1 unspecified atom stereocenters. The first-order chi connectivity index (χ1) is 6.97. The van der Waals surface area contributed by atoms with Crippen LogP contribution in [0.4, 0.5) is 0 Å². The van der Waals surface area contributed by atoms with Gasteiger partial charge in [-0.15, -0.1) is 0 Å². The largest absolute Gasteiger partial charge is 0.300 e. The summed E-state index contributed by atoms with van der Waals surface area (Å²) in [5.41, 5.74) is 0. The summed E-state index contributed by atoms with van der Waals surface area (Å²) in [4.78, 5) is 24.0. The molecule has 0 bridgehead atoms. The summed E-state index contributed by atoms with van der Waals surface area (Å²) in [7, 11) is 0. The summed E-state index contributed by atoms with van der Waals surface area (Å²) in [5.74, 6) is 0.428. The summed E-state index contributed by atoms with van der Waals surface area (Å²) < 4.78 is 0. The molecule has 0 N–H and O–H groups in total. The van der Waals surface area contributed by atoms with Crippen molar-refractivity contribution >= 4 is 11.6 Å². The molecule has 0 spiro atoms. The predicted octanol–water partition coefficient (Wildman–Crippen LogP) is 2.05. The van der Waals surface area contributed by atoms with Gasteiger partial charge in [-0.25, -0.2) is 0 Å². The van der Waals surface area contributed by atoms with E-state index in [0.717, 1.165) is 19.5 Å². The van der Waals surface area contributed by atoms with E-state index in [4.69, 9.17) is 0 Å². The van der Waals surface area contributed by atoms with Crippen LogP contribution in [-0.4, -0.2) is 35.6 Å². The average molecular weight is 213 g/mol. The Labute approximate surface area is 92.8 Å². The maximum absolute atomic E-state index is 10.9. The Kier molecular flexibility index (Phi) is 7.22. The van der Waals surface area contributed by atoms with Gasteiger partial charge in [0.25, 0.3) is 0 Å². The smallest absolute Gasteiger partial charge is 0.131 e. The van der Waals surface area contributed by atoms with E-state index in [0.29, 0.717) is 18.9 Å². The van der Waals surface area contributed by atoms with Gasteiger partial charge in [0.1, 0.15) is 11.6 Å². The number of carbonyl (C=O) groups excluding carboxylic acids is 2. The Morgan fingerprint density at radius 3 is 1.73 bits per heavy atom. The van der Waals surface area contributed by atoms with E-state index in [1.165, 1.54) is 0 Å². The lowest BCUT2D eigenvalue weighted by atomic mass is 10.1. The van der Waals surface area contributed by atoms with E-state index in [9.17, 15) is 9.59 Å². The molecule has 15 heavy (non-hydrogen) atoms. The van der Waals surface area contributed by atoms with Crippen LogP contribution in [0, 0.1) is 0 Å². The second-order valence-corrected chi connectivity index (χ2v) is 4.20. The van der Waals surface area contributed by atoms with Crippen molar-refractivity contribution in [3.63, 3.8) is 0 Å². The summed E-state index contributed by atoms with van der Waals surface area (Å²) in [6, 6.07) is 0.448. The van der Waals surface area contributed by atoms with Crippen LogP contribution in [0.15, 0.2) is 0 Å².